The molecule has 0 saturated heterocycles. The minimum Gasteiger partial charge on any atom is -0.298 e. The first-order valence-corrected chi connectivity index (χ1v) is 7.63. The summed E-state index contributed by atoms with van der Waals surface area (Å²) in [6.45, 7) is 1.58. The number of nitrogens with zero attached hydrogens (tertiary/aromatic N) is 1. The van der Waals surface area contributed by atoms with Crippen LogP contribution in [0, 0.1) is 0 Å². The Morgan fingerprint density at radius 3 is 2.61 bits per heavy atom. The molecule has 0 fully saturated rings. The summed E-state index contributed by atoms with van der Waals surface area (Å²) in [6.07, 6.45) is 0.185. The number of hydrogen-bond acceptors (Lipinski definition) is 2. The van der Waals surface area contributed by atoms with Gasteiger partial charge in [0.2, 0.25) is 5.91 Å². The summed E-state index contributed by atoms with van der Waals surface area (Å²) in [5, 5.41) is 0.298. The van der Waals surface area contributed by atoms with Crippen LogP contribution in [0.2, 0.25) is 0 Å². The molecule has 0 saturated carbocycles. The Morgan fingerprint density at radius 1 is 1.30 bits per heavy atom. The van der Waals surface area contributed by atoms with E-state index in [1.807, 2.05) is 0 Å². The lowest BCUT2D eigenvalue weighted by Crippen LogP contribution is -2.15. The zero-order chi connectivity index (χ0) is 16.8. The topological polar surface area (TPSA) is 39.1 Å². The standard InChI is InChI=1S/C17H16F3NO2/c1-2-14(23)21-8-11(9-22)15-12-6-4-3-5-10(12)7-13(16(15)21)17(18,19)20/h7-9H,2-6H2,1H3. The molecule has 0 spiro atoms. The fraction of sp³-hybridized carbons (Fsp3) is 0.412. The fourth-order valence-electron chi connectivity index (χ4n) is 3.40. The number of hydrogen-bond donors (Lipinski definition) is 0. The third-order valence-electron chi connectivity index (χ3n) is 4.42. The molecule has 1 aromatic carbocycles. The largest absolute Gasteiger partial charge is 0.418 e. The predicted octanol–water partition coefficient (Wildman–Crippen LogP) is 4.40. The van der Waals surface area contributed by atoms with E-state index in [9.17, 15) is 22.8 Å². The van der Waals surface area contributed by atoms with Crippen molar-refractivity contribution >= 4 is 23.1 Å². The van der Waals surface area contributed by atoms with Crippen molar-refractivity contribution < 1.29 is 22.8 Å². The van der Waals surface area contributed by atoms with Crippen molar-refractivity contribution in [2.45, 2.75) is 45.2 Å². The maximum atomic E-state index is 13.5. The van der Waals surface area contributed by atoms with Crippen LogP contribution < -0.4 is 0 Å². The third kappa shape index (κ3) is 2.46. The molecule has 0 unspecified atom stereocenters. The van der Waals surface area contributed by atoms with Crippen LogP contribution in [0.5, 0.6) is 0 Å². The summed E-state index contributed by atoms with van der Waals surface area (Å²) >= 11 is 0. The van der Waals surface area contributed by atoms with Crippen LogP contribution in [0.1, 0.15) is 58.0 Å². The molecular weight excluding hydrogens is 307 g/mol. The van der Waals surface area contributed by atoms with Crippen LogP contribution >= 0.6 is 0 Å². The molecule has 122 valence electrons. The molecular formula is C17H16F3NO2. The van der Waals surface area contributed by atoms with Crippen molar-refractivity contribution in [2.24, 2.45) is 0 Å². The van der Waals surface area contributed by atoms with Crippen molar-refractivity contribution in [3.8, 4) is 0 Å². The Kier molecular flexibility index (Phi) is 3.78. The average molecular weight is 323 g/mol. The lowest BCUT2D eigenvalue weighted by Gasteiger charge is -2.21. The van der Waals surface area contributed by atoms with E-state index in [2.05, 4.69) is 0 Å². The number of benzene rings is 1. The van der Waals surface area contributed by atoms with Gasteiger partial charge in [0, 0.05) is 23.6 Å². The highest BCUT2D eigenvalue weighted by Gasteiger charge is 2.37. The van der Waals surface area contributed by atoms with Crippen LogP contribution in [0.3, 0.4) is 0 Å². The highest BCUT2D eigenvalue weighted by Crippen LogP contribution is 2.41. The number of aldehydes is 1. The van der Waals surface area contributed by atoms with Crippen LogP contribution in [0.25, 0.3) is 10.9 Å². The van der Waals surface area contributed by atoms with E-state index in [1.165, 1.54) is 6.20 Å². The normalized spacial score (nSPS) is 14.8. The quantitative estimate of drug-likeness (QED) is 0.768. The van der Waals surface area contributed by atoms with Crippen LogP contribution in [-0.2, 0) is 19.0 Å². The first-order valence-electron chi connectivity index (χ1n) is 7.63. The molecule has 0 atom stereocenters. The van der Waals surface area contributed by atoms with Crippen LogP contribution in [-0.4, -0.2) is 16.8 Å². The summed E-state index contributed by atoms with van der Waals surface area (Å²) < 4.78 is 41.6. The molecule has 2 aromatic rings. The Morgan fingerprint density at radius 2 is 2.00 bits per heavy atom. The van der Waals surface area contributed by atoms with Crippen LogP contribution in [0.15, 0.2) is 12.3 Å². The maximum absolute atomic E-state index is 13.5. The SMILES string of the molecule is CCC(=O)n1cc(C=O)c2c3c(cc(C(F)(F)F)c21)CCCC3. The highest BCUT2D eigenvalue weighted by atomic mass is 19.4. The smallest absolute Gasteiger partial charge is 0.298 e. The van der Waals surface area contributed by atoms with Gasteiger partial charge < -0.3 is 0 Å². The molecule has 0 aliphatic heterocycles. The van der Waals surface area contributed by atoms with E-state index in [-0.39, 0.29) is 17.5 Å². The number of aromatic nitrogens is 1. The minimum atomic E-state index is -4.57. The monoisotopic (exact) mass is 323 g/mol. The first kappa shape index (κ1) is 15.8. The van der Waals surface area contributed by atoms with Gasteiger partial charge in [-0.05, 0) is 42.9 Å². The number of aryl methyl sites for hydroxylation is 2. The van der Waals surface area contributed by atoms with E-state index in [1.54, 1.807) is 6.92 Å². The Balaban J connectivity index is 2.48. The van der Waals surface area contributed by atoms with Crippen molar-refractivity contribution in [3.63, 3.8) is 0 Å². The van der Waals surface area contributed by atoms with Gasteiger partial charge in [0.1, 0.15) is 0 Å². The summed E-state index contributed by atoms with van der Waals surface area (Å²) in [5.41, 5.74) is 0.575. The summed E-state index contributed by atoms with van der Waals surface area (Å²) in [4.78, 5) is 23.5. The molecule has 1 heterocycles. The van der Waals surface area contributed by atoms with Gasteiger partial charge in [-0.2, -0.15) is 13.2 Å². The van der Waals surface area contributed by atoms with E-state index >= 15 is 0 Å². The summed E-state index contributed by atoms with van der Waals surface area (Å²) in [7, 11) is 0. The molecule has 0 bridgehead atoms. The average Bonchev–Trinajstić information content (AvgIpc) is 2.92. The zero-order valence-corrected chi connectivity index (χ0v) is 12.7. The number of fused-ring (bicyclic) bond motifs is 3. The highest BCUT2D eigenvalue weighted by molar-refractivity contribution is 6.06. The van der Waals surface area contributed by atoms with Crippen molar-refractivity contribution in [2.75, 3.05) is 0 Å². The molecule has 6 heteroatoms. The number of rotatable bonds is 2. The van der Waals surface area contributed by atoms with Crippen LogP contribution in [0.4, 0.5) is 13.2 Å². The molecule has 23 heavy (non-hydrogen) atoms. The molecule has 1 aromatic heterocycles. The number of halogens is 3. The molecule has 0 N–H and O–H groups in total. The Hall–Kier alpha value is -2.11. The third-order valence-corrected chi connectivity index (χ3v) is 4.42. The van der Waals surface area contributed by atoms with Gasteiger partial charge >= 0.3 is 6.18 Å². The predicted molar refractivity (Wildman–Crippen MR) is 79.9 cm³/mol. The molecule has 3 rings (SSSR count). The van der Waals surface area contributed by atoms with E-state index in [0.29, 0.717) is 30.1 Å². The van der Waals surface area contributed by atoms with E-state index < -0.39 is 17.6 Å². The van der Waals surface area contributed by atoms with Gasteiger partial charge in [-0.25, -0.2) is 0 Å². The number of carbonyl (C=O) groups excluding carboxylic acids is 2. The van der Waals surface area contributed by atoms with E-state index in [4.69, 9.17) is 0 Å². The lowest BCUT2D eigenvalue weighted by molar-refractivity contribution is -0.136. The number of alkyl halides is 3. The van der Waals surface area contributed by atoms with Gasteiger partial charge in [-0.1, -0.05) is 6.92 Å². The maximum Gasteiger partial charge on any atom is 0.418 e. The van der Waals surface area contributed by atoms with E-state index in [0.717, 1.165) is 29.0 Å². The first-order chi connectivity index (χ1) is 10.9. The van der Waals surface area contributed by atoms with Gasteiger partial charge in [-0.3, -0.25) is 14.2 Å². The Bertz CT molecular complexity index is 802. The van der Waals surface area contributed by atoms with Gasteiger partial charge in [0.15, 0.2) is 6.29 Å². The number of carbonyl (C=O) groups is 2. The second-order valence-corrected chi connectivity index (χ2v) is 5.81. The van der Waals surface area contributed by atoms with Crippen molar-refractivity contribution in [1.82, 2.24) is 4.57 Å². The molecule has 1 aliphatic rings. The zero-order valence-electron chi connectivity index (χ0n) is 12.7. The van der Waals surface area contributed by atoms with Gasteiger partial charge in [-0.15, -0.1) is 0 Å². The van der Waals surface area contributed by atoms with Gasteiger partial charge in [0.25, 0.3) is 0 Å². The fourth-order valence-corrected chi connectivity index (χ4v) is 3.40. The Labute approximate surface area is 131 Å². The molecule has 3 nitrogen and oxygen atoms in total. The summed E-state index contributed by atoms with van der Waals surface area (Å²) in [6, 6.07) is 1.16. The second kappa shape index (κ2) is 5.51. The molecule has 0 radical (unpaired) electrons. The molecule has 1 aliphatic carbocycles. The van der Waals surface area contributed by atoms with Gasteiger partial charge in [0.05, 0.1) is 11.1 Å². The summed E-state index contributed by atoms with van der Waals surface area (Å²) in [5.74, 6) is -0.454. The lowest BCUT2D eigenvalue weighted by atomic mass is 9.86. The second-order valence-electron chi connectivity index (χ2n) is 5.81. The minimum absolute atomic E-state index is 0.0659. The van der Waals surface area contributed by atoms with Crippen molar-refractivity contribution in [1.29, 1.82) is 0 Å². The molecule has 0 amide bonds. The van der Waals surface area contributed by atoms with Crippen molar-refractivity contribution in [3.05, 3.63) is 34.5 Å².